The Bertz CT molecular complexity index is 913. The molecule has 0 N–H and O–H groups in total. The molecule has 0 spiro atoms. The molecule has 27 heavy (non-hydrogen) atoms. The number of aromatic nitrogens is 4. The highest BCUT2D eigenvalue weighted by Crippen LogP contribution is 2.35. The van der Waals surface area contributed by atoms with E-state index in [9.17, 15) is 0 Å². The van der Waals surface area contributed by atoms with Crippen molar-refractivity contribution in [3.63, 3.8) is 0 Å². The van der Waals surface area contributed by atoms with Crippen molar-refractivity contribution in [1.82, 2.24) is 20.2 Å². The second-order valence-electron chi connectivity index (χ2n) is 7.43. The predicted octanol–water partition coefficient (Wildman–Crippen LogP) is 2.81. The molecule has 0 aliphatic carbocycles. The Labute approximate surface area is 158 Å². The van der Waals surface area contributed by atoms with Crippen LogP contribution in [0, 0.1) is 18.8 Å². The molecule has 4 heterocycles. The largest absolute Gasteiger partial charge is 0.356 e. The summed E-state index contributed by atoms with van der Waals surface area (Å²) in [5, 5.41) is 8.94. The number of fused-ring (bicyclic) bond motifs is 1. The minimum atomic E-state index is 0.649. The Morgan fingerprint density at radius 1 is 0.778 bits per heavy atom. The molecule has 0 radical (unpaired) electrons. The van der Waals surface area contributed by atoms with Crippen molar-refractivity contribution >= 4 is 11.6 Å². The summed E-state index contributed by atoms with van der Waals surface area (Å²) in [5.41, 5.74) is 2.02. The van der Waals surface area contributed by atoms with Gasteiger partial charge in [0, 0.05) is 49.8 Å². The van der Waals surface area contributed by atoms with E-state index in [1.165, 1.54) is 0 Å². The van der Waals surface area contributed by atoms with Gasteiger partial charge in [0.2, 0.25) is 0 Å². The molecule has 2 aromatic heterocycles. The van der Waals surface area contributed by atoms with Crippen LogP contribution >= 0.6 is 0 Å². The highest BCUT2D eigenvalue weighted by Gasteiger charge is 2.41. The van der Waals surface area contributed by atoms with Crippen LogP contribution in [-0.2, 0) is 0 Å². The van der Waals surface area contributed by atoms with E-state index in [-0.39, 0.29) is 0 Å². The molecule has 0 bridgehead atoms. The first-order valence-electron chi connectivity index (χ1n) is 9.45. The molecule has 5 rings (SSSR count). The Morgan fingerprint density at radius 3 is 2.11 bits per heavy atom. The topological polar surface area (TPSA) is 58.0 Å². The van der Waals surface area contributed by atoms with Crippen molar-refractivity contribution in [3.05, 3.63) is 60.6 Å². The van der Waals surface area contributed by atoms with Gasteiger partial charge in [-0.1, -0.05) is 30.3 Å². The van der Waals surface area contributed by atoms with Crippen LogP contribution < -0.4 is 9.80 Å². The molecule has 2 fully saturated rings. The van der Waals surface area contributed by atoms with Crippen molar-refractivity contribution < 1.29 is 0 Å². The van der Waals surface area contributed by atoms with Crippen LogP contribution in [0.4, 0.5) is 11.6 Å². The first-order valence-corrected chi connectivity index (χ1v) is 9.45. The number of hydrogen-bond acceptors (Lipinski definition) is 6. The zero-order valence-corrected chi connectivity index (χ0v) is 15.4. The van der Waals surface area contributed by atoms with E-state index in [1.807, 2.05) is 37.4 Å². The zero-order chi connectivity index (χ0) is 18.2. The van der Waals surface area contributed by atoms with Crippen molar-refractivity contribution in [2.45, 2.75) is 6.92 Å². The van der Waals surface area contributed by atoms with Gasteiger partial charge >= 0.3 is 0 Å². The van der Waals surface area contributed by atoms with E-state index in [2.05, 4.69) is 54.2 Å². The number of benzene rings is 1. The summed E-state index contributed by atoms with van der Waals surface area (Å²) in [4.78, 5) is 13.5. The van der Waals surface area contributed by atoms with Gasteiger partial charge in [0.25, 0.3) is 0 Å². The summed E-state index contributed by atoms with van der Waals surface area (Å²) in [6.45, 7) is 6.11. The highest BCUT2D eigenvalue weighted by atomic mass is 15.3. The average Bonchev–Trinajstić information content (AvgIpc) is 3.28. The van der Waals surface area contributed by atoms with Crippen LogP contribution in [0.5, 0.6) is 0 Å². The van der Waals surface area contributed by atoms with Gasteiger partial charge in [-0.05, 0) is 25.1 Å². The molecule has 136 valence electrons. The van der Waals surface area contributed by atoms with Gasteiger partial charge in [0.05, 0.1) is 5.69 Å². The number of rotatable bonds is 3. The predicted molar refractivity (Wildman–Crippen MR) is 106 cm³/mol. The molecule has 0 saturated carbocycles. The smallest absolute Gasteiger partial charge is 0.151 e. The first kappa shape index (κ1) is 16.2. The summed E-state index contributed by atoms with van der Waals surface area (Å²) in [7, 11) is 0. The number of hydrogen-bond donors (Lipinski definition) is 0. The summed E-state index contributed by atoms with van der Waals surface area (Å²) >= 11 is 0. The van der Waals surface area contributed by atoms with E-state index in [0.29, 0.717) is 11.8 Å². The van der Waals surface area contributed by atoms with Gasteiger partial charge in [-0.2, -0.15) is 0 Å². The summed E-state index contributed by atoms with van der Waals surface area (Å²) in [6.07, 6.45) is 1.85. The molecule has 2 atom stereocenters. The van der Waals surface area contributed by atoms with Crippen LogP contribution in [0.25, 0.3) is 11.3 Å². The van der Waals surface area contributed by atoms with Crippen LogP contribution in [0.1, 0.15) is 5.82 Å². The third kappa shape index (κ3) is 3.12. The van der Waals surface area contributed by atoms with Gasteiger partial charge in [-0.15, -0.1) is 10.2 Å². The first-order chi connectivity index (χ1) is 13.3. The monoisotopic (exact) mass is 358 g/mol. The maximum absolute atomic E-state index is 4.58. The van der Waals surface area contributed by atoms with E-state index >= 15 is 0 Å². The maximum Gasteiger partial charge on any atom is 0.151 e. The SMILES string of the molecule is Cc1nccc(N2CC3CN(c4ccc(-c5ccccc5)nn4)CC3C2)n1. The van der Waals surface area contributed by atoms with Gasteiger partial charge < -0.3 is 9.80 Å². The molecule has 1 aromatic carbocycles. The molecular formula is C21H22N6. The molecule has 2 unspecified atom stereocenters. The maximum atomic E-state index is 4.58. The van der Waals surface area contributed by atoms with Crippen molar-refractivity contribution in [2.24, 2.45) is 11.8 Å². The van der Waals surface area contributed by atoms with Crippen LogP contribution in [-0.4, -0.2) is 46.3 Å². The second-order valence-corrected chi connectivity index (χ2v) is 7.43. The van der Waals surface area contributed by atoms with Gasteiger partial charge in [-0.25, -0.2) is 9.97 Å². The molecule has 6 nitrogen and oxygen atoms in total. The number of nitrogens with zero attached hydrogens (tertiary/aromatic N) is 6. The summed E-state index contributed by atoms with van der Waals surface area (Å²) < 4.78 is 0. The molecule has 2 aliphatic rings. The fourth-order valence-electron chi connectivity index (χ4n) is 4.24. The minimum Gasteiger partial charge on any atom is -0.356 e. The van der Waals surface area contributed by atoms with Crippen LogP contribution in [0.3, 0.4) is 0 Å². The normalized spacial score (nSPS) is 21.5. The van der Waals surface area contributed by atoms with E-state index in [1.54, 1.807) is 0 Å². The quantitative estimate of drug-likeness (QED) is 0.718. The lowest BCUT2D eigenvalue weighted by Crippen LogP contribution is -2.29. The van der Waals surface area contributed by atoms with Gasteiger partial charge in [0.15, 0.2) is 5.82 Å². The van der Waals surface area contributed by atoms with Crippen LogP contribution in [0.15, 0.2) is 54.7 Å². The molecule has 3 aromatic rings. The molecule has 2 saturated heterocycles. The number of anilines is 2. The lowest BCUT2D eigenvalue weighted by molar-refractivity contribution is 0.533. The lowest BCUT2D eigenvalue weighted by atomic mass is 10.0. The Balaban J connectivity index is 1.26. The zero-order valence-electron chi connectivity index (χ0n) is 15.4. The van der Waals surface area contributed by atoms with E-state index in [4.69, 9.17) is 0 Å². The standard InChI is InChI=1S/C21H22N6/c1-15-22-10-9-20(23-15)26-11-17-13-27(14-18(17)12-26)21-8-7-19(24-25-21)16-5-3-2-4-6-16/h2-10,17-18H,11-14H2,1H3. The highest BCUT2D eigenvalue weighted by molar-refractivity contribution is 5.59. The van der Waals surface area contributed by atoms with Crippen molar-refractivity contribution in [1.29, 1.82) is 0 Å². The minimum absolute atomic E-state index is 0.649. The second kappa shape index (κ2) is 6.61. The lowest BCUT2D eigenvalue weighted by Gasteiger charge is -2.22. The van der Waals surface area contributed by atoms with Crippen molar-refractivity contribution in [2.75, 3.05) is 36.0 Å². The van der Waals surface area contributed by atoms with E-state index in [0.717, 1.165) is 54.9 Å². The fourth-order valence-corrected chi connectivity index (χ4v) is 4.24. The summed E-state index contributed by atoms with van der Waals surface area (Å²) in [5.74, 6) is 4.16. The Morgan fingerprint density at radius 2 is 1.48 bits per heavy atom. The average molecular weight is 358 g/mol. The van der Waals surface area contributed by atoms with Gasteiger partial charge in [-0.3, -0.25) is 0 Å². The Kier molecular flexibility index (Phi) is 3.96. The Hall–Kier alpha value is -3.02. The van der Waals surface area contributed by atoms with E-state index < -0.39 is 0 Å². The fraction of sp³-hybridized carbons (Fsp3) is 0.333. The third-order valence-electron chi connectivity index (χ3n) is 5.62. The molecule has 2 aliphatic heterocycles. The molecule has 0 amide bonds. The van der Waals surface area contributed by atoms with Crippen molar-refractivity contribution in [3.8, 4) is 11.3 Å². The van der Waals surface area contributed by atoms with Gasteiger partial charge in [0.1, 0.15) is 11.6 Å². The molecular weight excluding hydrogens is 336 g/mol. The third-order valence-corrected chi connectivity index (χ3v) is 5.62. The summed E-state index contributed by atoms with van der Waals surface area (Å²) in [6, 6.07) is 16.4. The molecule has 6 heteroatoms. The van der Waals surface area contributed by atoms with Crippen LogP contribution in [0.2, 0.25) is 0 Å². The number of aryl methyl sites for hydroxylation is 1.